The van der Waals surface area contributed by atoms with Gasteiger partial charge in [-0.3, -0.25) is 0 Å². The van der Waals surface area contributed by atoms with E-state index in [0.717, 1.165) is 11.9 Å². The van der Waals surface area contributed by atoms with Gasteiger partial charge in [-0.15, -0.1) is 0 Å². The number of pyridine rings is 1. The molecule has 7 heteroatoms. The molecule has 2 rings (SSSR count). The summed E-state index contributed by atoms with van der Waals surface area (Å²) < 4.78 is 28.2. The van der Waals surface area contributed by atoms with Crippen molar-refractivity contribution < 1.29 is 13.2 Å². The van der Waals surface area contributed by atoms with Gasteiger partial charge in [-0.05, 0) is 24.3 Å². The van der Waals surface area contributed by atoms with Gasteiger partial charge in [0.15, 0.2) is 9.84 Å². The zero-order valence-corrected chi connectivity index (χ0v) is 13.2. The average molecular weight is 327 g/mol. The Bertz CT molecular complexity index is 748. The van der Waals surface area contributed by atoms with Crippen LogP contribution in [0.1, 0.15) is 5.69 Å². The lowest BCUT2D eigenvalue weighted by Crippen LogP contribution is -2.04. The number of nitrogens with zero attached hydrogens (tertiary/aromatic N) is 1. The number of anilines is 1. The third kappa shape index (κ3) is 4.09. The fourth-order valence-electron chi connectivity index (χ4n) is 1.73. The van der Waals surface area contributed by atoms with E-state index in [1.807, 2.05) is 12.1 Å². The van der Waals surface area contributed by atoms with Crippen molar-refractivity contribution in [1.29, 1.82) is 0 Å². The fraction of sp³-hybridized carbons (Fsp3) is 0.214. The maximum absolute atomic E-state index is 11.6. The van der Waals surface area contributed by atoms with Gasteiger partial charge in [0.25, 0.3) is 0 Å². The van der Waals surface area contributed by atoms with Crippen LogP contribution in [0.3, 0.4) is 0 Å². The number of methoxy groups -OCH3 is 1. The van der Waals surface area contributed by atoms with Gasteiger partial charge < -0.3 is 10.1 Å². The number of rotatable bonds is 5. The number of ether oxygens (including phenoxy) is 1. The van der Waals surface area contributed by atoms with Gasteiger partial charge in [0.2, 0.25) is 5.88 Å². The smallest absolute Gasteiger partial charge is 0.213 e. The Morgan fingerprint density at radius 2 is 2.05 bits per heavy atom. The molecule has 0 aliphatic heterocycles. The molecule has 1 aromatic heterocycles. The van der Waals surface area contributed by atoms with Crippen LogP contribution in [0.4, 0.5) is 5.69 Å². The molecular weight excluding hydrogens is 312 g/mol. The van der Waals surface area contributed by atoms with E-state index in [0.29, 0.717) is 23.1 Å². The first-order chi connectivity index (χ1) is 9.90. The summed E-state index contributed by atoms with van der Waals surface area (Å²) in [6, 6.07) is 9.96. The summed E-state index contributed by atoms with van der Waals surface area (Å²) in [4.78, 5) is 4.48. The van der Waals surface area contributed by atoms with Crippen molar-refractivity contribution in [2.24, 2.45) is 0 Å². The summed E-state index contributed by atoms with van der Waals surface area (Å²) in [5.74, 6) is 0.519. The van der Waals surface area contributed by atoms with Crippen molar-refractivity contribution in [2.75, 3.05) is 18.7 Å². The molecule has 0 fully saturated rings. The van der Waals surface area contributed by atoms with Gasteiger partial charge in [-0.2, -0.15) is 0 Å². The second-order valence-corrected chi connectivity index (χ2v) is 6.86. The van der Waals surface area contributed by atoms with Crippen LogP contribution in [0.5, 0.6) is 5.88 Å². The van der Waals surface area contributed by atoms with Gasteiger partial charge in [0.1, 0.15) is 0 Å². The van der Waals surface area contributed by atoms with Gasteiger partial charge in [0.05, 0.1) is 35.0 Å². The van der Waals surface area contributed by atoms with Crippen molar-refractivity contribution in [3.05, 3.63) is 47.1 Å². The van der Waals surface area contributed by atoms with E-state index < -0.39 is 9.84 Å². The number of halogens is 1. The number of benzene rings is 1. The van der Waals surface area contributed by atoms with Crippen molar-refractivity contribution in [1.82, 2.24) is 4.98 Å². The van der Waals surface area contributed by atoms with Crippen LogP contribution in [0, 0.1) is 0 Å². The molecular formula is C14H15ClN2O3S. The second kappa shape index (κ2) is 6.32. The van der Waals surface area contributed by atoms with Crippen LogP contribution in [0.25, 0.3) is 0 Å². The lowest BCUT2D eigenvalue weighted by atomic mass is 10.3. The molecule has 0 aliphatic carbocycles. The maximum atomic E-state index is 11.6. The molecule has 0 unspecified atom stereocenters. The van der Waals surface area contributed by atoms with E-state index >= 15 is 0 Å². The molecule has 0 amide bonds. The molecule has 5 nitrogen and oxygen atoms in total. The molecule has 112 valence electrons. The number of hydrogen-bond acceptors (Lipinski definition) is 5. The van der Waals surface area contributed by atoms with Crippen LogP contribution in [0.15, 0.2) is 41.3 Å². The minimum absolute atomic E-state index is 0.216. The molecule has 21 heavy (non-hydrogen) atoms. The highest BCUT2D eigenvalue weighted by molar-refractivity contribution is 7.90. The van der Waals surface area contributed by atoms with E-state index in [9.17, 15) is 8.42 Å². The Kier molecular flexibility index (Phi) is 4.69. The summed E-state index contributed by atoms with van der Waals surface area (Å²) >= 11 is 6.07. The zero-order valence-electron chi connectivity index (χ0n) is 11.6. The van der Waals surface area contributed by atoms with Gasteiger partial charge in [-0.1, -0.05) is 17.7 Å². The predicted molar refractivity (Wildman–Crippen MR) is 82.7 cm³/mol. The summed E-state index contributed by atoms with van der Waals surface area (Å²) in [6.45, 7) is 0.407. The van der Waals surface area contributed by atoms with Crippen molar-refractivity contribution in [2.45, 2.75) is 11.4 Å². The third-order valence-electron chi connectivity index (χ3n) is 2.82. The highest BCUT2D eigenvalue weighted by Crippen LogP contribution is 2.25. The molecule has 0 atom stereocenters. The quantitative estimate of drug-likeness (QED) is 0.915. The Morgan fingerprint density at radius 1 is 1.29 bits per heavy atom. The highest BCUT2D eigenvalue weighted by Gasteiger charge is 2.10. The minimum Gasteiger partial charge on any atom is -0.481 e. The summed E-state index contributed by atoms with van der Waals surface area (Å²) in [5, 5.41) is 3.53. The first-order valence-electron chi connectivity index (χ1n) is 6.13. The average Bonchev–Trinajstić information content (AvgIpc) is 2.45. The summed E-state index contributed by atoms with van der Waals surface area (Å²) in [5.41, 5.74) is 1.30. The summed E-state index contributed by atoms with van der Waals surface area (Å²) in [7, 11) is -1.72. The van der Waals surface area contributed by atoms with Crippen LogP contribution < -0.4 is 10.1 Å². The molecule has 1 N–H and O–H groups in total. The topological polar surface area (TPSA) is 68.3 Å². The molecule has 0 aliphatic rings. The molecule has 1 aromatic carbocycles. The molecule has 0 saturated heterocycles. The Hall–Kier alpha value is -1.79. The van der Waals surface area contributed by atoms with Crippen LogP contribution in [0.2, 0.25) is 5.02 Å². The molecule has 0 bridgehead atoms. The third-order valence-corrected chi connectivity index (χ3v) is 4.26. The van der Waals surface area contributed by atoms with E-state index in [-0.39, 0.29) is 4.90 Å². The standard InChI is InChI=1S/C14H15ClN2O3S/c1-20-14-5-3-4-10(17-14)9-16-13-8-11(21(2,18)19)6-7-12(13)15/h3-8,16H,9H2,1-2H3. The number of aromatic nitrogens is 1. The Labute approximate surface area is 128 Å². The van der Waals surface area contributed by atoms with E-state index in [2.05, 4.69) is 10.3 Å². The van der Waals surface area contributed by atoms with Crippen LogP contribution in [-0.2, 0) is 16.4 Å². The normalized spacial score (nSPS) is 11.2. The first kappa shape index (κ1) is 15.6. The molecule has 1 heterocycles. The Morgan fingerprint density at radius 3 is 2.71 bits per heavy atom. The van der Waals surface area contributed by atoms with Gasteiger partial charge >= 0.3 is 0 Å². The van der Waals surface area contributed by atoms with Crippen molar-refractivity contribution in [3.63, 3.8) is 0 Å². The fourth-order valence-corrected chi connectivity index (χ4v) is 2.56. The minimum atomic E-state index is -3.27. The summed E-state index contributed by atoms with van der Waals surface area (Å²) in [6.07, 6.45) is 1.16. The number of sulfone groups is 1. The monoisotopic (exact) mass is 326 g/mol. The zero-order chi connectivity index (χ0) is 15.5. The Balaban J connectivity index is 2.19. The van der Waals surface area contributed by atoms with Crippen LogP contribution >= 0.6 is 11.6 Å². The lowest BCUT2D eigenvalue weighted by molar-refractivity contribution is 0.396. The largest absolute Gasteiger partial charge is 0.481 e. The lowest BCUT2D eigenvalue weighted by Gasteiger charge is -2.10. The van der Waals surface area contributed by atoms with E-state index in [1.54, 1.807) is 19.2 Å². The molecule has 0 radical (unpaired) electrons. The van der Waals surface area contributed by atoms with Gasteiger partial charge in [-0.25, -0.2) is 13.4 Å². The SMILES string of the molecule is COc1cccc(CNc2cc(S(C)(=O)=O)ccc2Cl)n1. The van der Waals surface area contributed by atoms with Crippen molar-refractivity contribution in [3.8, 4) is 5.88 Å². The first-order valence-corrected chi connectivity index (χ1v) is 8.40. The highest BCUT2D eigenvalue weighted by atomic mass is 35.5. The van der Waals surface area contributed by atoms with E-state index in [4.69, 9.17) is 16.3 Å². The second-order valence-electron chi connectivity index (χ2n) is 4.44. The number of nitrogens with one attached hydrogen (secondary N) is 1. The molecule has 2 aromatic rings. The molecule has 0 saturated carbocycles. The van der Waals surface area contributed by atoms with Crippen LogP contribution in [-0.4, -0.2) is 26.8 Å². The number of hydrogen-bond donors (Lipinski definition) is 1. The van der Waals surface area contributed by atoms with Gasteiger partial charge in [0, 0.05) is 12.3 Å². The van der Waals surface area contributed by atoms with Crippen molar-refractivity contribution >= 4 is 27.1 Å². The predicted octanol–water partition coefficient (Wildman–Crippen LogP) is 2.76. The molecule has 0 spiro atoms. The van der Waals surface area contributed by atoms with E-state index in [1.165, 1.54) is 12.1 Å². The maximum Gasteiger partial charge on any atom is 0.213 e.